The van der Waals surface area contributed by atoms with Gasteiger partial charge in [0.2, 0.25) is 0 Å². The molecule has 0 aromatic heterocycles. The standard InChI is InChI=1S/C9H12N2O4/c10-3-4-11-5-6(8(12)13)1-2-7(11)9(14)15/h6-7H,1-2,4-5H2,(H,12,13)(H,14,15)/t6-,7+/m1/s1. The van der Waals surface area contributed by atoms with Crippen LogP contribution in [0.4, 0.5) is 0 Å². The Hall–Kier alpha value is -1.61. The van der Waals surface area contributed by atoms with Gasteiger partial charge >= 0.3 is 11.9 Å². The van der Waals surface area contributed by atoms with Gasteiger partial charge in [-0.05, 0) is 12.8 Å². The number of carboxylic acid groups (broad SMARTS) is 2. The molecule has 6 nitrogen and oxygen atoms in total. The predicted octanol–water partition coefficient (Wildman–Crippen LogP) is -0.240. The fourth-order valence-corrected chi connectivity index (χ4v) is 1.79. The van der Waals surface area contributed by atoms with E-state index in [0.717, 1.165) is 0 Å². The summed E-state index contributed by atoms with van der Waals surface area (Å²) < 4.78 is 0. The molecule has 0 aliphatic carbocycles. The number of likely N-dealkylation sites (tertiary alicyclic amines) is 1. The molecule has 0 aromatic carbocycles. The number of rotatable bonds is 3. The molecule has 0 saturated carbocycles. The van der Waals surface area contributed by atoms with Crippen LogP contribution in [0, 0.1) is 17.2 Å². The Bertz CT molecular complexity index is 310. The molecule has 1 heterocycles. The first-order valence-electron chi connectivity index (χ1n) is 4.63. The molecule has 2 atom stereocenters. The number of carbonyl (C=O) groups is 2. The van der Waals surface area contributed by atoms with Crippen molar-refractivity contribution < 1.29 is 19.8 Å². The lowest BCUT2D eigenvalue weighted by Gasteiger charge is -2.34. The highest BCUT2D eigenvalue weighted by Crippen LogP contribution is 2.22. The highest BCUT2D eigenvalue weighted by Gasteiger charge is 2.35. The quantitative estimate of drug-likeness (QED) is 0.626. The SMILES string of the molecule is N#CCN1C[C@H](C(=O)O)CC[C@H]1C(=O)O. The van der Waals surface area contributed by atoms with Crippen LogP contribution >= 0.6 is 0 Å². The van der Waals surface area contributed by atoms with E-state index in [4.69, 9.17) is 15.5 Å². The van der Waals surface area contributed by atoms with Crippen LogP contribution in [0.3, 0.4) is 0 Å². The van der Waals surface area contributed by atoms with Crippen molar-refractivity contribution in [2.45, 2.75) is 18.9 Å². The molecule has 1 saturated heterocycles. The largest absolute Gasteiger partial charge is 0.481 e. The van der Waals surface area contributed by atoms with Gasteiger partial charge in [0.25, 0.3) is 0 Å². The molecule has 1 aliphatic heterocycles. The number of nitrogens with zero attached hydrogens (tertiary/aromatic N) is 2. The van der Waals surface area contributed by atoms with E-state index in [1.807, 2.05) is 6.07 Å². The lowest BCUT2D eigenvalue weighted by atomic mass is 9.93. The smallest absolute Gasteiger partial charge is 0.320 e. The van der Waals surface area contributed by atoms with Crippen LogP contribution in [-0.2, 0) is 9.59 Å². The number of nitriles is 1. The zero-order valence-corrected chi connectivity index (χ0v) is 8.09. The predicted molar refractivity (Wildman–Crippen MR) is 49.0 cm³/mol. The maximum Gasteiger partial charge on any atom is 0.320 e. The summed E-state index contributed by atoms with van der Waals surface area (Å²) in [5, 5.41) is 26.2. The fraction of sp³-hybridized carbons (Fsp3) is 0.667. The second kappa shape index (κ2) is 4.75. The average molecular weight is 212 g/mol. The van der Waals surface area contributed by atoms with Gasteiger partial charge in [0.15, 0.2) is 0 Å². The van der Waals surface area contributed by atoms with Crippen LogP contribution in [0.25, 0.3) is 0 Å². The third kappa shape index (κ3) is 2.67. The Morgan fingerprint density at radius 2 is 2.00 bits per heavy atom. The van der Waals surface area contributed by atoms with Crippen molar-refractivity contribution in [3.63, 3.8) is 0 Å². The van der Waals surface area contributed by atoms with E-state index in [2.05, 4.69) is 0 Å². The van der Waals surface area contributed by atoms with E-state index >= 15 is 0 Å². The average Bonchev–Trinajstić information content (AvgIpc) is 2.17. The molecule has 1 fully saturated rings. The van der Waals surface area contributed by atoms with Crippen LogP contribution in [-0.4, -0.2) is 46.2 Å². The third-order valence-corrected chi connectivity index (χ3v) is 2.59. The van der Waals surface area contributed by atoms with E-state index in [-0.39, 0.29) is 19.5 Å². The number of piperidine rings is 1. The Kier molecular flexibility index (Phi) is 3.63. The van der Waals surface area contributed by atoms with Gasteiger partial charge in [-0.2, -0.15) is 5.26 Å². The van der Waals surface area contributed by atoms with Gasteiger partial charge in [0.1, 0.15) is 6.04 Å². The Balaban J connectivity index is 2.69. The summed E-state index contributed by atoms with van der Waals surface area (Å²) in [7, 11) is 0. The van der Waals surface area contributed by atoms with Gasteiger partial charge in [-0.3, -0.25) is 14.5 Å². The summed E-state index contributed by atoms with van der Waals surface area (Å²) in [6.07, 6.45) is 0.641. The van der Waals surface area contributed by atoms with E-state index in [1.165, 1.54) is 4.90 Å². The molecule has 0 bridgehead atoms. The van der Waals surface area contributed by atoms with Crippen molar-refractivity contribution in [2.24, 2.45) is 5.92 Å². The van der Waals surface area contributed by atoms with Gasteiger partial charge in [-0.15, -0.1) is 0 Å². The topological polar surface area (TPSA) is 102 Å². The third-order valence-electron chi connectivity index (χ3n) is 2.59. The number of carboxylic acids is 2. The minimum atomic E-state index is -0.992. The molecule has 0 unspecified atom stereocenters. The van der Waals surface area contributed by atoms with Crippen molar-refractivity contribution in [1.29, 1.82) is 5.26 Å². The van der Waals surface area contributed by atoms with Gasteiger partial charge in [0, 0.05) is 6.54 Å². The van der Waals surface area contributed by atoms with Crippen molar-refractivity contribution in [3.8, 4) is 6.07 Å². The first kappa shape index (κ1) is 11.5. The molecule has 0 radical (unpaired) electrons. The molecule has 82 valence electrons. The Morgan fingerprint density at radius 1 is 1.33 bits per heavy atom. The van der Waals surface area contributed by atoms with E-state index < -0.39 is 23.9 Å². The van der Waals surface area contributed by atoms with Crippen LogP contribution in [0.15, 0.2) is 0 Å². The minimum absolute atomic E-state index is 0.0409. The summed E-state index contributed by atoms with van der Waals surface area (Å²) >= 11 is 0. The molecule has 0 aromatic rings. The molecule has 6 heteroatoms. The number of aliphatic carboxylic acids is 2. The second-order valence-electron chi connectivity index (χ2n) is 3.55. The highest BCUT2D eigenvalue weighted by molar-refractivity contribution is 5.75. The number of hydrogen-bond acceptors (Lipinski definition) is 4. The first-order chi connectivity index (χ1) is 7.06. The summed E-state index contributed by atoms with van der Waals surface area (Å²) in [6.45, 7) is 0.0978. The summed E-state index contributed by atoms with van der Waals surface area (Å²) in [5.74, 6) is -2.48. The van der Waals surface area contributed by atoms with E-state index in [0.29, 0.717) is 6.42 Å². The zero-order chi connectivity index (χ0) is 11.4. The summed E-state index contributed by atoms with van der Waals surface area (Å²) in [5.41, 5.74) is 0. The van der Waals surface area contributed by atoms with Crippen molar-refractivity contribution in [3.05, 3.63) is 0 Å². The Labute approximate surface area is 86.7 Å². The summed E-state index contributed by atoms with van der Waals surface area (Å²) in [6, 6.07) is 1.13. The second-order valence-corrected chi connectivity index (χ2v) is 3.55. The minimum Gasteiger partial charge on any atom is -0.481 e. The van der Waals surface area contributed by atoms with Crippen LogP contribution in [0.5, 0.6) is 0 Å². The van der Waals surface area contributed by atoms with E-state index in [9.17, 15) is 9.59 Å². The molecule has 0 amide bonds. The Morgan fingerprint density at radius 3 is 2.47 bits per heavy atom. The molecular weight excluding hydrogens is 200 g/mol. The van der Waals surface area contributed by atoms with Crippen molar-refractivity contribution in [1.82, 2.24) is 4.90 Å². The first-order valence-corrected chi connectivity index (χ1v) is 4.63. The molecule has 2 N–H and O–H groups in total. The van der Waals surface area contributed by atoms with Gasteiger partial charge < -0.3 is 10.2 Å². The molecular formula is C9H12N2O4. The lowest BCUT2D eigenvalue weighted by Crippen LogP contribution is -2.49. The van der Waals surface area contributed by atoms with E-state index in [1.54, 1.807) is 0 Å². The van der Waals surface area contributed by atoms with Crippen LogP contribution in [0.2, 0.25) is 0 Å². The number of hydrogen-bond donors (Lipinski definition) is 2. The fourth-order valence-electron chi connectivity index (χ4n) is 1.79. The molecule has 1 rings (SSSR count). The monoisotopic (exact) mass is 212 g/mol. The molecule has 0 spiro atoms. The van der Waals surface area contributed by atoms with Crippen LogP contribution in [0.1, 0.15) is 12.8 Å². The maximum atomic E-state index is 10.8. The van der Waals surface area contributed by atoms with Gasteiger partial charge in [-0.25, -0.2) is 0 Å². The van der Waals surface area contributed by atoms with Gasteiger partial charge in [0.05, 0.1) is 18.5 Å². The van der Waals surface area contributed by atoms with Crippen LogP contribution < -0.4 is 0 Å². The summed E-state index contributed by atoms with van der Waals surface area (Å²) in [4.78, 5) is 22.9. The zero-order valence-electron chi connectivity index (χ0n) is 8.09. The lowest BCUT2D eigenvalue weighted by molar-refractivity contribution is -0.151. The van der Waals surface area contributed by atoms with Crippen molar-refractivity contribution >= 4 is 11.9 Å². The molecule has 15 heavy (non-hydrogen) atoms. The maximum absolute atomic E-state index is 10.8. The normalized spacial score (nSPS) is 26.9. The van der Waals surface area contributed by atoms with Crippen molar-refractivity contribution in [2.75, 3.05) is 13.1 Å². The highest BCUT2D eigenvalue weighted by atomic mass is 16.4. The van der Waals surface area contributed by atoms with Gasteiger partial charge in [-0.1, -0.05) is 0 Å². The molecule has 1 aliphatic rings.